The van der Waals surface area contributed by atoms with E-state index >= 15 is 0 Å². The van der Waals surface area contributed by atoms with Crippen molar-refractivity contribution in [2.24, 2.45) is 0 Å². The maximum absolute atomic E-state index is 9.32. The molecule has 0 fully saturated rings. The summed E-state index contributed by atoms with van der Waals surface area (Å²) in [7, 11) is 0. The molecule has 1 nitrogen and oxygen atoms in total. The van der Waals surface area contributed by atoms with Crippen LogP contribution in [0.2, 0.25) is 0 Å². The smallest absolute Gasteiger partial charge is 0.0772 e. The lowest BCUT2D eigenvalue weighted by Crippen LogP contribution is -1.92. The van der Waals surface area contributed by atoms with Crippen LogP contribution in [0.1, 0.15) is 32.4 Å². The lowest BCUT2D eigenvalue weighted by molar-refractivity contribution is 0.196. The van der Waals surface area contributed by atoms with E-state index in [0.29, 0.717) is 0 Å². The fourth-order valence-corrected chi connectivity index (χ4v) is 1.70. The number of rotatable bonds is 2. The summed E-state index contributed by atoms with van der Waals surface area (Å²) in [6, 6.07) is 7.91. The molecule has 0 aliphatic rings. The van der Waals surface area contributed by atoms with Gasteiger partial charge in [-0.15, -0.1) is 11.8 Å². The summed E-state index contributed by atoms with van der Waals surface area (Å²) in [5.41, 5.74) is 1.01. The summed E-state index contributed by atoms with van der Waals surface area (Å²) in [4.78, 5) is 1.16. The third-order valence-corrected chi connectivity index (χ3v) is 2.40. The Labute approximate surface area is 85.2 Å². The second-order valence-corrected chi connectivity index (χ2v) is 3.27. The van der Waals surface area contributed by atoms with Crippen LogP contribution in [0.3, 0.4) is 0 Å². The van der Waals surface area contributed by atoms with Crippen molar-refractivity contribution in [3.63, 3.8) is 0 Å². The molecule has 1 aromatic carbocycles. The topological polar surface area (TPSA) is 20.2 Å². The van der Waals surface area contributed by atoms with Crippen LogP contribution in [-0.4, -0.2) is 11.4 Å². The Bertz CT molecular complexity index is 233. The fraction of sp³-hybridized carbons (Fsp3) is 0.455. The predicted molar refractivity (Wildman–Crippen MR) is 60.2 cm³/mol. The molecule has 0 bridgehead atoms. The summed E-state index contributed by atoms with van der Waals surface area (Å²) in [6.45, 7) is 5.79. The number of aliphatic hydroxyl groups is 1. The summed E-state index contributed by atoms with van der Waals surface area (Å²) in [5, 5.41) is 9.32. The Morgan fingerprint density at radius 1 is 1.23 bits per heavy atom. The van der Waals surface area contributed by atoms with Gasteiger partial charge in [-0.3, -0.25) is 0 Å². The van der Waals surface area contributed by atoms with E-state index in [1.807, 2.05) is 44.4 Å². The summed E-state index contributed by atoms with van der Waals surface area (Å²) in [6.07, 6.45) is 1.65. The molecule has 74 valence electrons. The molecule has 0 aliphatic heterocycles. The van der Waals surface area contributed by atoms with E-state index in [2.05, 4.69) is 0 Å². The molecule has 13 heavy (non-hydrogen) atoms. The summed E-state index contributed by atoms with van der Waals surface area (Å²) >= 11 is 1.66. The Kier molecular flexibility index (Phi) is 6.73. The standard InChI is InChI=1S/C9H12OS.C2H6/c1-7(10)8-5-3-4-6-9(8)11-2;1-2/h3-7,10H,1-2H3;1-2H3. The Morgan fingerprint density at radius 2 is 1.77 bits per heavy atom. The molecule has 1 atom stereocenters. The van der Waals surface area contributed by atoms with Gasteiger partial charge in [-0.25, -0.2) is 0 Å². The second kappa shape index (κ2) is 6.98. The van der Waals surface area contributed by atoms with E-state index in [1.54, 1.807) is 18.7 Å². The van der Waals surface area contributed by atoms with Crippen LogP contribution in [0.25, 0.3) is 0 Å². The SMILES string of the molecule is CC.CSc1ccccc1C(C)O. The van der Waals surface area contributed by atoms with E-state index in [0.717, 1.165) is 10.5 Å². The second-order valence-electron chi connectivity index (χ2n) is 2.42. The van der Waals surface area contributed by atoms with Crippen molar-refractivity contribution in [1.82, 2.24) is 0 Å². The molecule has 0 aromatic heterocycles. The van der Waals surface area contributed by atoms with Crippen LogP contribution in [0.4, 0.5) is 0 Å². The van der Waals surface area contributed by atoms with Crippen molar-refractivity contribution in [2.75, 3.05) is 6.26 Å². The van der Waals surface area contributed by atoms with Gasteiger partial charge in [0.15, 0.2) is 0 Å². The molecule has 0 radical (unpaired) electrons. The van der Waals surface area contributed by atoms with Gasteiger partial charge in [0.05, 0.1) is 6.10 Å². The average molecular weight is 198 g/mol. The van der Waals surface area contributed by atoms with E-state index in [4.69, 9.17) is 0 Å². The van der Waals surface area contributed by atoms with Crippen LogP contribution < -0.4 is 0 Å². The first-order chi connectivity index (χ1) is 6.25. The van der Waals surface area contributed by atoms with Gasteiger partial charge in [-0.1, -0.05) is 32.0 Å². The average Bonchev–Trinajstić information content (AvgIpc) is 2.20. The van der Waals surface area contributed by atoms with Gasteiger partial charge in [0.2, 0.25) is 0 Å². The number of aliphatic hydroxyl groups excluding tert-OH is 1. The molecule has 0 amide bonds. The van der Waals surface area contributed by atoms with E-state index in [9.17, 15) is 5.11 Å². The van der Waals surface area contributed by atoms with Crippen LogP contribution in [0.5, 0.6) is 0 Å². The molecular formula is C11H18OS. The molecular weight excluding hydrogens is 180 g/mol. The minimum absolute atomic E-state index is 0.362. The highest BCUT2D eigenvalue weighted by Gasteiger charge is 2.04. The zero-order chi connectivity index (χ0) is 10.3. The molecule has 1 unspecified atom stereocenters. The van der Waals surface area contributed by atoms with Crippen molar-refractivity contribution < 1.29 is 5.11 Å². The predicted octanol–water partition coefficient (Wildman–Crippen LogP) is 3.49. The molecule has 2 heteroatoms. The van der Waals surface area contributed by atoms with Crippen molar-refractivity contribution in [1.29, 1.82) is 0 Å². The van der Waals surface area contributed by atoms with Crippen molar-refractivity contribution >= 4 is 11.8 Å². The maximum atomic E-state index is 9.32. The molecule has 0 heterocycles. The lowest BCUT2D eigenvalue weighted by atomic mass is 10.1. The highest BCUT2D eigenvalue weighted by atomic mass is 32.2. The van der Waals surface area contributed by atoms with Crippen LogP contribution in [-0.2, 0) is 0 Å². The first-order valence-electron chi connectivity index (χ1n) is 4.56. The first kappa shape index (κ1) is 12.5. The molecule has 0 spiro atoms. The van der Waals surface area contributed by atoms with Crippen molar-refractivity contribution in [3.8, 4) is 0 Å². The third kappa shape index (κ3) is 3.83. The van der Waals surface area contributed by atoms with Crippen LogP contribution in [0.15, 0.2) is 29.2 Å². The minimum atomic E-state index is -0.362. The number of benzene rings is 1. The van der Waals surface area contributed by atoms with E-state index < -0.39 is 0 Å². The number of hydrogen-bond acceptors (Lipinski definition) is 2. The first-order valence-corrected chi connectivity index (χ1v) is 5.79. The van der Waals surface area contributed by atoms with E-state index in [1.165, 1.54) is 0 Å². The van der Waals surface area contributed by atoms with Gasteiger partial charge in [-0.05, 0) is 24.8 Å². The highest BCUT2D eigenvalue weighted by molar-refractivity contribution is 7.98. The highest BCUT2D eigenvalue weighted by Crippen LogP contribution is 2.24. The van der Waals surface area contributed by atoms with Gasteiger partial charge in [0.25, 0.3) is 0 Å². The number of hydrogen-bond donors (Lipinski definition) is 1. The van der Waals surface area contributed by atoms with Crippen molar-refractivity contribution in [3.05, 3.63) is 29.8 Å². The number of thioether (sulfide) groups is 1. The van der Waals surface area contributed by atoms with Gasteiger partial charge in [-0.2, -0.15) is 0 Å². The van der Waals surface area contributed by atoms with Crippen molar-refractivity contribution in [2.45, 2.75) is 31.8 Å². The van der Waals surface area contributed by atoms with Crippen LogP contribution >= 0.6 is 11.8 Å². The fourth-order valence-electron chi connectivity index (χ4n) is 1.01. The lowest BCUT2D eigenvalue weighted by Gasteiger charge is -2.08. The van der Waals surface area contributed by atoms with Gasteiger partial charge >= 0.3 is 0 Å². The van der Waals surface area contributed by atoms with Crippen LogP contribution in [0, 0.1) is 0 Å². The Balaban J connectivity index is 0.000000671. The molecule has 1 N–H and O–H groups in total. The summed E-state index contributed by atoms with van der Waals surface area (Å²) in [5.74, 6) is 0. The Morgan fingerprint density at radius 3 is 2.15 bits per heavy atom. The van der Waals surface area contributed by atoms with Gasteiger partial charge in [0.1, 0.15) is 0 Å². The summed E-state index contributed by atoms with van der Waals surface area (Å²) < 4.78 is 0. The largest absolute Gasteiger partial charge is 0.389 e. The van der Waals surface area contributed by atoms with Gasteiger partial charge in [0, 0.05) is 4.90 Å². The zero-order valence-electron chi connectivity index (χ0n) is 8.74. The molecule has 0 saturated carbocycles. The van der Waals surface area contributed by atoms with E-state index in [-0.39, 0.29) is 6.10 Å². The molecule has 1 aromatic rings. The minimum Gasteiger partial charge on any atom is -0.389 e. The molecule has 0 saturated heterocycles. The monoisotopic (exact) mass is 198 g/mol. The molecule has 1 rings (SSSR count). The maximum Gasteiger partial charge on any atom is 0.0772 e. The zero-order valence-corrected chi connectivity index (χ0v) is 9.56. The third-order valence-electron chi connectivity index (χ3n) is 1.59. The quantitative estimate of drug-likeness (QED) is 0.734. The van der Waals surface area contributed by atoms with Gasteiger partial charge < -0.3 is 5.11 Å². The normalized spacial score (nSPS) is 11.5. The molecule has 0 aliphatic carbocycles. The Hall–Kier alpha value is -0.470.